The molecule has 0 aromatic carbocycles. The standard InChI is InChI=1S/C9H12N2O3S/c1-6-4-8(6)11-15(13,14)7-2-3-9(12)10-5-7/h2-3,5-6,8,11H,4H2,1H3,(H,10,12). The van der Waals surface area contributed by atoms with Crippen LogP contribution in [-0.4, -0.2) is 19.4 Å². The number of aromatic nitrogens is 1. The van der Waals surface area contributed by atoms with Crippen LogP contribution in [0.5, 0.6) is 0 Å². The number of sulfonamides is 1. The summed E-state index contributed by atoms with van der Waals surface area (Å²) in [5, 5.41) is 0. The van der Waals surface area contributed by atoms with Crippen molar-refractivity contribution in [3.05, 3.63) is 28.7 Å². The molecule has 1 aliphatic rings. The molecular formula is C9H12N2O3S. The minimum Gasteiger partial charge on any atom is -0.328 e. The van der Waals surface area contributed by atoms with E-state index in [-0.39, 0.29) is 16.5 Å². The highest BCUT2D eigenvalue weighted by atomic mass is 32.2. The molecule has 2 rings (SSSR count). The van der Waals surface area contributed by atoms with E-state index in [9.17, 15) is 13.2 Å². The molecule has 1 fully saturated rings. The van der Waals surface area contributed by atoms with Gasteiger partial charge in [-0.2, -0.15) is 0 Å². The van der Waals surface area contributed by atoms with Crippen LogP contribution in [0.4, 0.5) is 0 Å². The Bertz CT molecular complexity index is 500. The second-order valence-corrected chi connectivity index (χ2v) is 5.54. The molecule has 82 valence electrons. The van der Waals surface area contributed by atoms with E-state index in [1.165, 1.54) is 18.3 Å². The van der Waals surface area contributed by atoms with Crippen LogP contribution in [0, 0.1) is 5.92 Å². The molecule has 6 heteroatoms. The topological polar surface area (TPSA) is 79.0 Å². The van der Waals surface area contributed by atoms with Crippen LogP contribution in [0.2, 0.25) is 0 Å². The summed E-state index contributed by atoms with van der Waals surface area (Å²) in [7, 11) is -3.47. The van der Waals surface area contributed by atoms with Crippen molar-refractivity contribution < 1.29 is 8.42 Å². The molecule has 2 N–H and O–H groups in total. The van der Waals surface area contributed by atoms with E-state index in [4.69, 9.17) is 0 Å². The molecule has 1 aromatic rings. The van der Waals surface area contributed by atoms with Gasteiger partial charge in [0.15, 0.2) is 0 Å². The van der Waals surface area contributed by atoms with E-state index in [1.54, 1.807) is 0 Å². The highest BCUT2D eigenvalue weighted by Gasteiger charge is 2.36. The maximum Gasteiger partial charge on any atom is 0.247 e. The van der Waals surface area contributed by atoms with E-state index in [1.807, 2.05) is 6.92 Å². The van der Waals surface area contributed by atoms with Crippen molar-refractivity contribution in [2.24, 2.45) is 5.92 Å². The SMILES string of the molecule is CC1CC1NS(=O)(=O)c1ccc(=O)[nH]c1. The van der Waals surface area contributed by atoms with Crippen LogP contribution in [0.15, 0.2) is 28.0 Å². The Balaban J connectivity index is 2.21. The van der Waals surface area contributed by atoms with Gasteiger partial charge in [-0.1, -0.05) is 6.92 Å². The lowest BCUT2D eigenvalue weighted by Crippen LogP contribution is -2.27. The molecule has 15 heavy (non-hydrogen) atoms. The molecule has 2 atom stereocenters. The maximum absolute atomic E-state index is 11.7. The van der Waals surface area contributed by atoms with E-state index in [0.717, 1.165) is 6.42 Å². The molecule has 0 amide bonds. The van der Waals surface area contributed by atoms with Crippen LogP contribution in [-0.2, 0) is 10.0 Å². The van der Waals surface area contributed by atoms with Crippen molar-refractivity contribution >= 4 is 10.0 Å². The third-order valence-corrected chi connectivity index (χ3v) is 3.97. The van der Waals surface area contributed by atoms with Crippen LogP contribution in [0.25, 0.3) is 0 Å². The maximum atomic E-state index is 11.7. The smallest absolute Gasteiger partial charge is 0.247 e. The van der Waals surface area contributed by atoms with Crippen LogP contribution in [0.3, 0.4) is 0 Å². The van der Waals surface area contributed by atoms with Gasteiger partial charge in [-0.05, 0) is 18.4 Å². The average Bonchev–Trinajstić information content (AvgIpc) is 2.81. The first-order valence-corrected chi connectivity index (χ1v) is 6.18. The molecule has 5 nitrogen and oxygen atoms in total. The number of aromatic amines is 1. The Morgan fingerprint density at radius 3 is 2.60 bits per heavy atom. The Kier molecular flexibility index (Phi) is 2.40. The van der Waals surface area contributed by atoms with Crippen molar-refractivity contribution in [3.8, 4) is 0 Å². The van der Waals surface area contributed by atoms with Gasteiger partial charge in [0.25, 0.3) is 0 Å². The van der Waals surface area contributed by atoms with Crippen LogP contribution < -0.4 is 10.3 Å². The van der Waals surface area contributed by atoms with Crippen molar-refractivity contribution in [2.75, 3.05) is 0 Å². The summed E-state index contributed by atoms with van der Waals surface area (Å²) in [6.07, 6.45) is 2.08. The van der Waals surface area contributed by atoms with Gasteiger partial charge < -0.3 is 4.98 Å². The van der Waals surface area contributed by atoms with Gasteiger partial charge >= 0.3 is 0 Å². The molecule has 1 saturated carbocycles. The third-order valence-electron chi connectivity index (χ3n) is 2.48. The zero-order valence-electron chi connectivity index (χ0n) is 8.23. The normalized spacial score (nSPS) is 25.1. The average molecular weight is 228 g/mol. The Hall–Kier alpha value is -1.14. The lowest BCUT2D eigenvalue weighted by molar-refractivity contribution is 0.578. The Labute approximate surface area is 87.6 Å². The van der Waals surface area contributed by atoms with Crippen molar-refractivity contribution in [1.82, 2.24) is 9.71 Å². The molecule has 0 saturated heterocycles. The summed E-state index contributed by atoms with van der Waals surface area (Å²) in [5.41, 5.74) is -0.311. The molecule has 0 bridgehead atoms. The molecule has 0 aliphatic heterocycles. The van der Waals surface area contributed by atoms with Gasteiger partial charge in [-0.25, -0.2) is 13.1 Å². The first kappa shape index (κ1) is 10.4. The van der Waals surface area contributed by atoms with Gasteiger partial charge in [-0.15, -0.1) is 0 Å². The predicted octanol–water partition coefficient (Wildman–Crippen LogP) is 0.0616. The van der Waals surface area contributed by atoms with Crippen LogP contribution >= 0.6 is 0 Å². The molecule has 0 radical (unpaired) electrons. The van der Waals surface area contributed by atoms with Gasteiger partial charge in [-0.3, -0.25) is 4.79 Å². The molecule has 1 aliphatic carbocycles. The highest BCUT2D eigenvalue weighted by Crippen LogP contribution is 2.30. The summed E-state index contributed by atoms with van der Waals surface area (Å²) in [4.78, 5) is 13.2. The Morgan fingerprint density at radius 1 is 1.47 bits per heavy atom. The largest absolute Gasteiger partial charge is 0.328 e. The predicted molar refractivity (Wildman–Crippen MR) is 55.0 cm³/mol. The zero-order chi connectivity index (χ0) is 11.1. The fourth-order valence-corrected chi connectivity index (χ4v) is 2.64. The van der Waals surface area contributed by atoms with Gasteiger partial charge in [0.05, 0.1) is 4.90 Å². The number of pyridine rings is 1. The Morgan fingerprint density at radius 2 is 2.13 bits per heavy atom. The summed E-state index contributed by atoms with van der Waals surface area (Å²) < 4.78 is 26.0. The lowest BCUT2D eigenvalue weighted by Gasteiger charge is -2.04. The minimum atomic E-state index is -3.47. The number of H-pyrrole nitrogens is 1. The van der Waals surface area contributed by atoms with Gasteiger partial charge in [0, 0.05) is 18.3 Å². The van der Waals surface area contributed by atoms with Crippen LogP contribution in [0.1, 0.15) is 13.3 Å². The van der Waals surface area contributed by atoms with E-state index in [2.05, 4.69) is 9.71 Å². The van der Waals surface area contributed by atoms with E-state index in [0.29, 0.717) is 5.92 Å². The summed E-state index contributed by atoms with van der Waals surface area (Å²) in [5.74, 6) is 0.405. The quantitative estimate of drug-likeness (QED) is 0.768. The van der Waals surface area contributed by atoms with E-state index < -0.39 is 10.0 Å². The van der Waals surface area contributed by atoms with E-state index >= 15 is 0 Å². The monoisotopic (exact) mass is 228 g/mol. The molecule has 0 spiro atoms. The lowest BCUT2D eigenvalue weighted by atomic mass is 10.5. The fraction of sp³-hybridized carbons (Fsp3) is 0.444. The molecule has 2 unspecified atom stereocenters. The first-order chi connectivity index (χ1) is 6.99. The van der Waals surface area contributed by atoms with Crippen molar-refractivity contribution in [2.45, 2.75) is 24.3 Å². The second kappa shape index (κ2) is 3.46. The summed E-state index contributed by atoms with van der Waals surface area (Å²) in [6.45, 7) is 1.99. The second-order valence-electron chi connectivity index (χ2n) is 3.83. The minimum absolute atomic E-state index is 0.0435. The van der Waals surface area contributed by atoms with Gasteiger partial charge in [0.2, 0.25) is 15.6 Å². The zero-order valence-corrected chi connectivity index (χ0v) is 9.04. The highest BCUT2D eigenvalue weighted by molar-refractivity contribution is 7.89. The van der Waals surface area contributed by atoms with Gasteiger partial charge in [0.1, 0.15) is 0 Å². The summed E-state index contributed by atoms with van der Waals surface area (Å²) in [6, 6.07) is 2.54. The van der Waals surface area contributed by atoms with Crippen molar-refractivity contribution in [3.63, 3.8) is 0 Å². The number of hydrogen-bond acceptors (Lipinski definition) is 3. The molecule has 1 heterocycles. The fourth-order valence-electron chi connectivity index (χ4n) is 1.32. The third kappa shape index (κ3) is 2.27. The summed E-state index contributed by atoms with van der Waals surface area (Å²) >= 11 is 0. The number of rotatable bonds is 3. The number of nitrogens with one attached hydrogen (secondary N) is 2. The first-order valence-electron chi connectivity index (χ1n) is 4.70. The molecular weight excluding hydrogens is 216 g/mol. The number of hydrogen-bond donors (Lipinski definition) is 2. The van der Waals surface area contributed by atoms with Crippen molar-refractivity contribution in [1.29, 1.82) is 0 Å². The molecule has 1 aromatic heterocycles.